The molecule has 6 heteroatoms. The topological polar surface area (TPSA) is 17.1 Å². The molecule has 0 aliphatic heterocycles. The summed E-state index contributed by atoms with van der Waals surface area (Å²) in [5.41, 5.74) is 0.476. The van der Waals surface area contributed by atoms with E-state index in [1.54, 1.807) is 17.5 Å². The van der Waals surface area contributed by atoms with Gasteiger partial charge in [-0.05, 0) is 56.7 Å². The molecule has 0 radical (unpaired) electrons. The van der Waals surface area contributed by atoms with Gasteiger partial charge in [-0.1, -0.05) is 11.6 Å². The first-order valence-corrected chi connectivity index (χ1v) is 7.56. The normalized spacial score (nSPS) is 10.6. The van der Waals surface area contributed by atoms with E-state index in [1.807, 2.05) is 0 Å². The number of halogens is 4. The summed E-state index contributed by atoms with van der Waals surface area (Å²) in [5, 5.41) is 1.64. The summed E-state index contributed by atoms with van der Waals surface area (Å²) in [7, 11) is 0. The van der Waals surface area contributed by atoms with Crippen molar-refractivity contribution in [1.82, 2.24) is 0 Å². The van der Waals surface area contributed by atoms with E-state index in [0.29, 0.717) is 10.0 Å². The molecule has 0 bridgehead atoms. The van der Waals surface area contributed by atoms with Crippen LogP contribution in [0.25, 0.3) is 0 Å². The Balaban J connectivity index is 2.48. The second-order valence-electron chi connectivity index (χ2n) is 3.19. The van der Waals surface area contributed by atoms with Gasteiger partial charge in [0, 0.05) is 15.4 Å². The van der Waals surface area contributed by atoms with Gasteiger partial charge in [0.05, 0.1) is 13.5 Å². The van der Waals surface area contributed by atoms with Gasteiger partial charge >= 0.3 is 0 Å². The van der Waals surface area contributed by atoms with Crippen LogP contribution in [0.4, 0.5) is 4.39 Å². The SMILES string of the molecule is O=C(c1csc(I)c1)c1ccc(Br)c(Cl)c1F. The molecule has 0 saturated carbocycles. The number of carbonyl (C=O) groups is 1. The average Bonchev–Trinajstić information content (AvgIpc) is 2.72. The van der Waals surface area contributed by atoms with E-state index in [1.165, 1.54) is 17.4 Å². The number of hydrogen-bond acceptors (Lipinski definition) is 2. The highest BCUT2D eigenvalue weighted by Crippen LogP contribution is 2.29. The van der Waals surface area contributed by atoms with E-state index < -0.39 is 5.82 Å². The second kappa shape index (κ2) is 5.34. The lowest BCUT2D eigenvalue weighted by molar-refractivity contribution is 0.103. The van der Waals surface area contributed by atoms with E-state index in [-0.39, 0.29) is 16.4 Å². The van der Waals surface area contributed by atoms with E-state index in [9.17, 15) is 9.18 Å². The summed E-state index contributed by atoms with van der Waals surface area (Å²) in [6, 6.07) is 4.72. The number of rotatable bonds is 2. The van der Waals surface area contributed by atoms with Crippen LogP contribution in [0.5, 0.6) is 0 Å². The number of benzene rings is 1. The second-order valence-corrected chi connectivity index (χ2v) is 7.23. The Morgan fingerprint density at radius 3 is 2.76 bits per heavy atom. The van der Waals surface area contributed by atoms with Crippen LogP contribution in [0.15, 0.2) is 28.1 Å². The molecule has 0 amide bonds. The first-order valence-electron chi connectivity index (χ1n) is 4.43. The number of carbonyl (C=O) groups excluding carboxylic acids is 1. The van der Waals surface area contributed by atoms with Gasteiger partial charge < -0.3 is 0 Å². The fourth-order valence-electron chi connectivity index (χ4n) is 1.29. The Labute approximate surface area is 128 Å². The molecule has 0 aliphatic carbocycles. The lowest BCUT2D eigenvalue weighted by Crippen LogP contribution is -2.03. The molecule has 0 unspecified atom stereocenters. The maximum Gasteiger partial charge on any atom is 0.196 e. The van der Waals surface area contributed by atoms with Gasteiger partial charge in [-0.2, -0.15) is 0 Å². The zero-order chi connectivity index (χ0) is 12.6. The molecule has 0 spiro atoms. The Bertz CT molecular complexity index is 599. The van der Waals surface area contributed by atoms with Crippen molar-refractivity contribution in [3.63, 3.8) is 0 Å². The average molecular weight is 445 g/mol. The smallest absolute Gasteiger partial charge is 0.196 e. The van der Waals surface area contributed by atoms with Gasteiger partial charge in [-0.3, -0.25) is 4.79 Å². The third-order valence-electron chi connectivity index (χ3n) is 2.11. The lowest BCUT2D eigenvalue weighted by Gasteiger charge is -2.04. The highest BCUT2D eigenvalue weighted by Gasteiger charge is 2.18. The van der Waals surface area contributed by atoms with E-state index in [4.69, 9.17) is 11.6 Å². The summed E-state index contributed by atoms with van der Waals surface area (Å²) < 4.78 is 15.2. The lowest BCUT2D eigenvalue weighted by atomic mass is 10.1. The zero-order valence-corrected chi connectivity index (χ0v) is 13.5. The number of thiophene rings is 1. The first kappa shape index (κ1) is 13.5. The molecule has 0 N–H and O–H groups in total. The van der Waals surface area contributed by atoms with Crippen LogP contribution in [0.2, 0.25) is 5.02 Å². The van der Waals surface area contributed by atoms with Crippen molar-refractivity contribution >= 4 is 67.2 Å². The molecule has 2 rings (SSSR count). The maximum absolute atomic E-state index is 13.8. The van der Waals surface area contributed by atoms with Crippen molar-refractivity contribution in [3.8, 4) is 0 Å². The predicted molar refractivity (Wildman–Crippen MR) is 79.6 cm³/mol. The third kappa shape index (κ3) is 2.72. The molecule has 17 heavy (non-hydrogen) atoms. The Morgan fingerprint density at radius 1 is 1.47 bits per heavy atom. The van der Waals surface area contributed by atoms with Crippen LogP contribution in [0.1, 0.15) is 15.9 Å². The molecule has 1 nitrogen and oxygen atoms in total. The monoisotopic (exact) mass is 444 g/mol. The standard InChI is InChI=1S/C11H4BrClFIOS/c12-7-2-1-6(10(14)9(7)13)11(16)5-3-8(15)17-4-5/h1-4H. The van der Waals surface area contributed by atoms with Crippen LogP contribution in [-0.4, -0.2) is 5.78 Å². The minimum absolute atomic E-state index is 0.00704. The van der Waals surface area contributed by atoms with Crippen molar-refractivity contribution in [1.29, 1.82) is 0 Å². The molecule has 2 aromatic rings. The predicted octanol–water partition coefficient (Wildman–Crippen LogP) is 5.14. The fourth-order valence-corrected chi connectivity index (χ4v) is 3.08. The molecule has 0 aliphatic rings. The molecule has 0 atom stereocenters. The van der Waals surface area contributed by atoms with Crippen LogP contribution in [0, 0.1) is 8.70 Å². The molecule has 88 valence electrons. The van der Waals surface area contributed by atoms with Crippen LogP contribution < -0.4 is 0 Å². The highest BCUT2D eigenvalue weighted by atomic mass is 127. The third-order valence-corrected chi connectivity index (χ3v) is 5.16. The minimum atomic E-state index is -0.688. The van der Waals surface area contributed by atoms with Crippen molar-refractivity contribution in [2.24, 2.45) is 0 Å². The molecular weight excluding hydrogens is 441 g/mol. The van der Waals surface area contributed by atoms with Gasteiger partial charge in [0.25, 0.3) is 0 Å². The summed E-state index contributed by atoms with van der Waals surface area (Å²) >= 11 is 12.4. The Kier molecular flexibility index (Phi) is 4.22. The van der Waals surface area contributed by atoms with Crippen molar-refractivity contribution in [2.45, 2.75) is 0 Å². The molecule has 0 saturated heterocycles. The molecule has 1 heterocycles. The van der Waals surface area contributed by atoms with Crippen LogP contribution in [-0.2, 0) is 0 Å². The van der Waals surface area contributed by atoms with Crippen molar-refractivity contribution in [3.05, 3.63) is 52.9 Å². The van der Waals surface area contributed by atoms with E-state index in [0.717, 1.165) is 2.88 Å². The van der Waals surface area contributed by atoms with Gasteiger partial charge in [-0.25, -0.2) is 4.39 Å². The summed E-state index contributed by atoms with van der Waals surface area (Å²) in [6.07, 6.45) is 0. The Morgan fingerprint density at radius 2 is 2.18 bits per heavy atom. The molecule has 1 aromatic heterocycles. The molecule has 1 aromatic carbocycles. The summed E-state index contributed by atoms with van der Waals surface area (Å²) in [6.45, 7) is 0. The zero-order valence-electron chi connectivity index (χ0n) is 8.14. The highest BCUT2D eigenvalue weighted by molar-refractivity contribution is 14.1. The summed E-state index contributed by atoms with van der Waals surface area (Å²) in [5.74, 6) is -1.04. The number of hydrogen-bond donors (Lipinski definition) is 0. The van der Waals surface area contributed by atoms with Gasteiger partial charge in [0.15, 0.2) is 11.6 Å². The first-order chi connectivity index (χ1) is 8.00. The van der Waals surface area contributed by atoms with Crippen LogP contribution in [0.3, 0.4) is 0 Å². The van der Waals surface area contributed by atoms with Crippen molar-refractivity contribution in [2.75, 3.05) is 0 Å². The van der Waals surface area contributed by atoms with Crippen LogP contribution >= 0.6 is 61.5 Å². The Hall–Kier alpha value is 0.0200. The van der Waals surface area contributed by atoms with E-state index in [2.05, 4.69) is 38.5 Å². The van der Waals surface area contributed by atoms with Gasteiger partial charge in [0.2, 0.25) is 0 Å². The summed E-state index contributed by atoms with van der Waals surface area (Å²) in [4.78, 5) is 12.0. The number of ketones is 1. The van der Waals surface area contributed by atoms with Gasteiger partial charge in [0.1, 0.15) is 0 Å². The van der Waals surface area contributed by atoms with E-state index >= 15 is 0 Å². The largest absolute Gasteiger partial charge is 0.288 e. The van der Waals surface area contributed by atoms with Crippen molar-refractivity contribution < 1.29 is 9.18 Å². The molecular formula is C11H4BrClFIOS. The quantitative estimate of drug-likeness (QED) is 0.356. The maximum atomic E-state index is 13.8. The fraction of sp³-hybridized carbons (Fsp3) is 0. The van der Waals surface area contributed by atoms with Gasteiger partial charge in [-0.15, -0.1) is 11.3 Å². The minimum Gasteiger partial charge on any atom is -0.288 e. The molecule has 0 fully saturated rings.